The molecule has 0 spiro atoms. The van der Waals surface area contributed by atoms with Crippen LogP contribution in [0.5, 0.6) is 0 Å². The molecule has 2 heterocycles. The second-order valence-electron chi connectivity index (χ2n) is 5.46. The monoisotopic (exact) mass is 298 g/mol. The molecular formula is C16H18N4S. The van der Waals surface area contributed by atoms with Gasteiger partial charge >= 0.3 is 0 Å². The van der Waals surface area contributed by atoms with Gasteiger partial charge in [-0.05, 0) is 37.3 Å². The van der Waals surface area contributed by atoms with Crippen LogP contribution in [0, 0.1) is 11.3 Å². The SMILES string of the molecule is CC(CNc1nc2c(cc1C#N)CCCC2)c1nccs1. The van der Waals surface area contributed by atoms with Crippen molar-refractivity contribution >= 4 is 17.2 Å². The van der Waals surface area contributed by atoms with Gasteiger partial charge in [0.2, 0.25) is 0 Å². The van der Waals surface area contributed by atoms with Crippen LogP contribution in [0.4, 0.5) is 5.82 Å². The summed E-state index contributed by atoms with van der Waals surface area (Å²) in [5.41, 5.74) is 3.06. The van der Waals surface area contributed by atoms with Crippen molar-refractivity contribution in [1.29, 1.82) is 5.26 Å². The third-order valence-electron chi connectivity index (χ3n) is 3.87. The third-order valence-corrected chi connectivity index (χ3v) is 4.88. The van der Waals surface area contributed by atoms with Crippen LogP contribution in [0.3, 0.4) is 0 Å². The average Bonchev–Trinajstić information content (AvgIpc) is 3.06. The number of anilines is 1. The maximum absolute atomic E-state index is 9.33. The number of thiazole rings is 1. The van der Waals surface area contributed by atoms with E-state index in [9.17, 15) is 5.26 Å². The highest BCUT2D eigenvalue weighted by molar-refractivity contribution is 7.09. The van der Waals surface area contributed by atoms with Crippen LogP contribution in [-0.2, 0) is 12.8 Å². The molecule has 21 heavy (non-hydrogen) atoms. The normalized spacial score (nSPS) is 15.0. The van der Waals surface area contributed by atoms with E-state index in [0.717, 1.165) is 35.9 Å². The van der Waals surface area contributed by atoms with Gasteiger partial charge in [-0.2, -0.15) is 5.26 Å². The summed E-state index contributed by atoms with van der Waals surface area (Å²) >= 11 is 1.66. The Morgan fingerprint density at radius 2 is 2.29 bits per heavy atom. The van der Waals surface area contributed by atoms with E-state index < -0.39 is 0 Å². The first-order valence-corrected chi connectivity index (χ1v) is 8.22. The fourth-order valence-electron chi connectivity index (χ4n) is 2.67. The molecule has 4 nitrogen and oxygen atoms in total. The van der Waals surface area contributed by atoms with Gasteiger partial charge in [0.1, 0.15) is 11.9 Å². The smallest absolute Gasteiger partial charge is 0.144 e. The van der Waals surface area contributed by atoms with E-state index in [4.69, 9.17) is 0 Å². The van der Waals surface area contributed by atoms with Crippen LogP contribution in [0.1, 0.15) is 47.5 Å². The van der Waals surface area contributed by atoms with Gasteiger partial charge in [0.15, 0.2) is 0 Å². The fraction of sp³-hybridized carbons (Fsp3) is 0.438. The second-order valence-corrected chi connectivity index (χ2v) is 6.39. The molecule has 3 rings (SSSR count). The molecule has 1 N–H and O–H groups in total. The van der Waals surface area contributed by atoms with Gasteiger partial charge in [0.25, 0.3) is 0 Å². The largest absolute Gasteiger partial charge is 0.368 e. The Kier molecular flexibility index (Phi) is 4.16. The lowest BCUT2D eigenvalue weighted by molar-refractivity contribution is 0.667. The van der Waals surface area contributed by atoms with Gasteiger partial charge in [-0.1, -0.05) is 6.92 Å². The first-order chi connectivity index (χ1) is 10.3. The van der Waals surface area contributed by atoms with E-state index in [1.165, 1.54) is 18.4 Å². The summed E-state index contributed by atoms with van der Waals surface area (Å²) in [4.78, 5) is 9.02. The lowest BCUT2D eigenvalue weighted by atomic mass is 9.95. The van der Waals surface area contributed by atoms with Gasteiger partial charge in [0.05, 0.1) is 10.6 Å². The van der Waals surface area contributed by atoms with Crippen molar-refractivity contribution in [1.82, 2.24) is 9.97 Å². The number of hydrogen-bond acceptors (Lipinski definition) is 5. The Bertz CT molecular complexity index is 658. The van der Waals surface area contributed by atoms with Crippen LogP contribution in [0.25, 0.3) is 0 Å². The van der Waals surface area contributed by atoms with Gasteiger partial charge in [0, 0.05) is 29.7 Å². The summed E-state index contributed by atoms with van der Waals surface area (Å²) in [5, 5.41) is 15.8. The molecule has 108 valence electrons. The number of nitriles is 1. The van der Waals surface area contributed by atoms with Gasteiger partial charge in [-0.15, -0.1) is 11.3 Å². The van der Waals surface area contributed by atoms with Crippen molar-refractivity contribution in [3.63, 3.8) is 0 Å². The van der Waals surface area contributed by atoms with Crippen LogP contribution in [0.2, 0.25) is 0 Å². The molecule has 1 atom stereocenters. The predicted octanol–water partition coefficient (Wildman–Crippen LogP) is 3.50. The van der Waals surface area contributed by atoms with E-state index >= 15 is 0 Å². The summed E-state index contributed by atoms with van der Waals surface area (Å²) in [6.45, 7) is 2.88. The van der Waals surface area contributed by atoms with E-state index in [0.29, 0.717) is 11.5 Å². The molecule has 0 saturated heterocycles. The van der Waals surface area contributed by atoms with Crippen molar-refractivity contribution in [3.05, 3.63) is 39.5 Å². The van der Waals surface area contributed by atoms with Crippen molar-refractivity contribution in [2.75, 3.05) is 11.9 Å². The zero-order valence-corrected chi connectivity index (χ0v) is 12.9. The Morgan fingerprint density at radius 1 is 1.43 bits per heavy atom. The van der Waals surface area contributed by atoms with Crippen LogP contribution in [0.15, 0.2) is 17.6 Å². The Morgan fingerprint density at radius 3 is 3.05 bits per heavy atom. The maximum Gasteiger partial charge on any atom is 0.144 e. The summed E-state index contributed by atoms with van der Waals surface area (Å²) in [7, 11) is 0. The van der Waals surface area contributed by atoms with Crippen LogP contribution < -0.4 is 5.32 Å². The highest BCUT2D eigenvalue weighted by atomic mass is 32.1. The van der Waals surface area contributed by atoms with E-state index in [1.807, 2.05) is 17.6 Å². The second kappa shape index (κ2) is 6.23. The highest BCUT2D eigenvalue weighted by Crippen LogP contribution is 2.25. The first-order valence-electron chi connectivity index (χ1n) is 7.34. The lowest BCUT2D eigenvalue weighted by Crippen LogP contribution is -2.14. The zero-order chi connectivity index (χ0) is 14.7. The maximum atomic E-state index is 9.33. The number of aryl methyl sites for hydroxylation is 2. The molecular weight excluding hydrogens is 280 g/mol. The number of nitrogens with zero attached hydrogens (tertiary/aromatic N) is 3. The number of pyridine rings is 1. The molecule has 2 aromatic rings. The topological polar surface area (TPSA) is 61.6 Å². The molecule has 0 fully saturated rings. The molecule has 0 aromatic carbocycles. The molecule has 0 saturated carbocycles. The lowest BCUT2D eigenvalue weighted by Gasteiger charge is -2.18. The van der Waals surface area contributed by atoms with E-state index in [2.05, 4.69) is 28.3 Å². The first kappa shape index (κ1) is 14.0. The summed E-state index contributed by atoms with van der Waals surface area (Å²) in [5.74, 6) is 1.04. The Labute approximate surface area is 128 Å². The summed E-state index contributed by atoms with van der Waals surface area (Å²) < 4.78 is 0. The standard InChI is InChI=1S/C16H18N4S/c1-11(16-18-6-7-21-16)10-19-15-13(9-17)8-12-4-2-3-5-14(12)20-15/h6-8,11H,2-5,10H2,1H3,(H,19,20). The third kappa shape index (κ3) is 3.06. The number of nitrogens with one attached hydrogen (secondary N) is 1. The number of hydrogen-bond donors (Lipinski definition) is 1. The van der Waals surface area contributed by atoms with Crippen molar-refractivity contribution in [3.8, 4) is 6.07 Å². The van der Waals surface area contributed by atoms with Gasteiger partial charge in [-0.25, -0.2) is 9.97 Å². The molecule has 0 amide bonds. The fourth-order valence-corrected chi connectivity index (χ4v) is 3.37. The number of aromatic nitrogens is 2. The zero-order valence-electron chi connectivity index (χ0n) is 12.1. The predicted molar refractivity (Wildman–Crippen MR) is 84.6 cm³/mol. The minimum absolute atomic E-state index is 0.314. The Balaban J connectivity index is 1.77. The molecule has 1 aliphatic rings. The molecule has 2 aromatic heterocycles. The molecule has 5 heteroatoms. The van der Waals surface area contributed by atoms with Gasteiger partial charge < -0.3 is 5.32 Å². The Hall–Kier alpha value is -1.93. The van der Waals surface area contributed by atoms with Crippen molar-refractivity contribution in [2.24, 2.45) is 0 Å². The van der Waals surface area contributed by atoms with Crippen LogP contribution >= 0.6 is 11.3 Å². The minimum Gasteiger partial charge on any atom is -0.368 e. The number of fused-ring (bicyclic) bond motifs is 1. The van der Waals surface area contributed by atoms with Gasteiger partial charge in [-0.3, -0.25) is 0 Å². The summed E-state index contributed by atoms with van der Waals surface area (Å²) in [6, 6.07) is 4.28. The van der Waals surface area contributed by atoms with E-state index in [1.54, 1.807) is 11.3 Å². The molecule has 1 aliphatic carbocycles. The number of rotatable bonds is 4. The molecule has 0 aliphatic heterocycles. The van der Waals surface area contributed by atoms with Crippen LogP contribution in [-0.4, -0.2) is 16.5 Å². The molecule has 0 radical (unpaired) electrons. The molecule has 0 bridgehead atoms. The molecule has 1 unspecified atom stereocenters. The van der Waals surface area contributed by atoms with Crippen molar-refractivity contribution in [2.45, 2.75) is 38.5 Å². The summed E-state index contributed by atoms with van der Waals surface area (Å²) in [6.07, 6.45) is 6.30. The average molecular weight is 298 g/mol. The van der Waals surface area contributed by atoms with Crippen molar-refractivity contribution < 1.29 is 0 Å². The highest BCUT2D eigenvalue weighted by Gasteiger charge is 2.16. The minimum atomic E-state index is 0.314. The quantitative estimate of drug-likeness (QED) is 0.938. The van der Waals surface area contributed by atoms with E-state index in [-0.39, 0.29) is 0 Å².